The summed E-state index contributed by atoms with van der Waals surface area (Å²) >= 11 is 0. The van der Waals surface area contributed by atoms with Gasteiger partial charge in [0.1, 0.15) is 0 Å². The molecule has 0 aromatic carbocycles. The third kappa shape index (κ3) is 5.34. The SMILES string of the molecule is CN=C(NCCN1CCCS1(=O)=O)NCC1(N2CCOCC2)CCCCC1. The highest BCUT2D eigenvalue weighted by atomic mass is 32.2. The molecular weight excluding hydrogens is 366 g/mol. The molecule has 0 unspecified atom stereocenters. The van der Waals surface area contributed by atoms with Gasteiger partial charge in [-0.1, -0.05) is 19.3 Å². The second-order valence-electron chi connectivity index (χ2n) is 7.81. The molecule has 0 aromatic heterocycles. The molecule has 156 valence electrons. The lowest BCUT2D eigenvalue weighted by Gasteiger charge is -2.48. The van der Waals surface area contributed by atoms with Crippen LogP contribution < -0.4 is 10.6 Å². The van der Waals surface area contributed by atoms with Crippen molar-refractivity contribution >= 4 is 16.0 Å². The average molecular weight is 402 g/mol. The first-order valence-electron chi connectivity index (χ1n) is 10.3. The first-order valence-corrected chi connectivity index (χ1v) is 11.9. The lowest BCUT2D eigenvalue weighted by Crippen LogP contribution is -2.60. The molecule has 0 aromatic rings. The van der Waals surface area contributed by atoms with Crippen LogP contribution in [-0.2, 0) is 14.8 Å². The second-order valence-corrected chi connectivity index (χ2v) is 9.89. The second kappa shape index (κ2) is 9.54. The van der Waals surface area contributed by atoms with Crippen molar-refractivity contribution in [2.24, 2.45) is 4.99 Å². The predicted molar refractivity (Wildman–Crippen MR) is 108 cm³/mol. The molecule has 2 heterocycles. The molecule has 27 heavy (non-hydrogen) atoms. The van der Waals surface area contributed by atoms with Gasteiger partial charge in [-0.2, -0.15) is 0 Å². The maximum absolute atomic E-state index is 11.9. The summed E-state index contributed by atoms with van der Waals surface area (Å²) in [5.41, 5.74) is 0.179. The Morgan fingerprint density at radius 2 is 1.81 bits per heavy atom. The topological polar surface area (TPSA) is 86.3 Å². The molecule has 1 aliphatic carbocycles. The molecule has 0 spiro atoms. The third-order valence-corrected chi connectivity index (χ3v) is 8.09. The molecule has 9 heteroatoms. The van der Waals surface area contributed by atoms with Crippen molar-refractivity contribution in [1.82, 2.24) is 19.8 Å². The predicted octanol–water partition coefficient (Wildman–Crippen LogP) is 0.222. The van der Waals surface area contributed by atoms with E-state index in [0.29, 0.717) is 19.6 Å². The number of nitrogens with zero attached hydrogens (tertiary/aromatic N) is 3. The minimum atomic E-state index is -3.03. The molecule has 0 bridgehead atoms. The van der Waals surface area contributed by atoms with E-state index in [0.717, 1.165) is 45.2 Å². The van der Waals surface area contributed by atoms with E-state index in [2.05, 4.69) is 20.5 Å². The molecule has 1 saturated carbocycles. The Hall–Kier alpha value is -0.900. The fourth-order valence-corrected chi connectivity index (χ4v) is 6.09. The number of aliphatic imine (C=N–C) groups is 1. The van der Waals surface area contributed by atoms with Crippen molar-refractivity contribution in [2.75, 3.05) is 65.3 Å². The number of morpholine rings is 1. The molecule has 2 aliphatic heterocycles. The summed E-state index contributed by atoms with van der Waals surface area (Å²) in [4.78, 5) is 6.94. The van der Waals surface area contributed by atoms with Crippen molar-refractivity contribution in [2.45, 2.75) is 44.1 Å². The van der Waals surface area contributed by atoms with Gasteiger partial charge in [0.15, 0.2) is 5.96 Å². The summed E-state index contributed by atoms with van der Waals surface area (Å²) in [6, 6.07) is 0. The molecular formula is C18H35N5O3S. The van der Waals surface area contributed by atoms with Crippen molar-refractivity contribution in [3.8, 4) is 0 Å². The van der Waals surface area contributed by atoms with Gasteiger partial charge in [0.25, 0.3) is 0 Å². The van der Waals surface area contributed by atoms with Gasteiger partial charge in [-0.3, -0.25) is 9.89 Å². The standard InChI is InChI=1S/C18H35N5O3S/c1-19-17(20-8-10-23-9-5-15-27(23,24)25)21-16-18(6-3-2-4-7-18)22-11-13-26-14-12-22/h2-16H2,1H3,(H2,19,20,21). The first-order chi connectivity index (χ1) is 13.1. The molecule has 0 radical (unpaired) electrons. The van der Waals surface area contributed by atoms with Gasteiger partial charge >= 0.3 is 0 Å². The fourth-order valence-electron chi connectivity index (χ4n) is 4.56. The third-order valence-electron chi connectivity index (χ3n) is 6.13. The van der Waals surface area contributed by atoms with Crippen LogP contribution in [0.15, 0.2) is 4.99 Å². The Balaban J connectivity index is 1.50. The fraction of sp³-hybridized carbons (Fsp3) is 0.944. The Morgan fingerprint density at radius 1 is 1.07 bits per heavy atom. The van der Waals surface area contributed by atoms with Crippen LogP contribution in [0.5, 0.6) is 0 Å². The Labute approximate surface area is 163 Å². The summed E-state index contributed by atoms with van der Waals surface area (Å²) in [6.45, 7) is 6.21. The summed E-state index contributed by atoms with van der Waals surface area (Å²) in [6.07, 6.45) is 7.03. The van der Waals surface area contributed by atoms with Crippen molar-refractivity contribution in [1.29, 1.82) is 0 Å². The van der Waals surface area contributed by atoms with Crippen molar-refractivity contribution in [3.05, 3.63) is 0 Å². The van der Waals surface area contributed by atoms with Gasteiger partial charge in [0, 0.05) is 51.9 Å². The van der Waals surface area contributed by atoms with Gasteiger partial charge in [0.2, 0.25) is 10.0 Å². The van der Waals surface area contributed by atoms with Gasteiger partial charge in [-0.25, -0.2) is 12.7 Å². The van der Waals surface area contributed by atoms with Crippen LogP contribution in [-0.4, -0.2) is 94.4 Å². The van der Waals surface area contributed by atoms with E-state index < -0.39 is 10.0 Å². The number of sulfonamides is 1. The van der Waals surface area contributed by atoms with E-state index in [9.17, 15) is 8.42 Å². The van der Waals surface area contributed by atoms with Gasteiger partial charge < -0.3 is 15.4 Å². The molecule has 3 fully saturated rings. The number of nitrogens with one attached hydrogen (secondary N) is 2. The molecule has 2 saturated heterocycles. The molecule has 2 N–H and O–H groups in total. The van der Waals surface area contributed by atoms with Gasteiger partial charge in [0.05, 0.1) is 19.0 Å². The van der Waals surface area contributed by atoms with E-state index in [1.807, 2.05) is 0 Å². The first kappa shape index (κ1) is 20.8. The Kier molecular flexibility index (Phi) is 7.35. The van der Waals surface area contributed by atoms with E-state index in [1.54, 1.807) is 11.4 Å². The van der Waals surface area contributed by atoms with Crippen LogP contribution in [0.25, 0.3) is 0 Å². The monoisotopic (exact) mass is 401 g/mol. The van der Waals surface area contributed by atoms with E-state index >= 15 is 0 Å². The minimum Gasteiger partial charge on any atom is -0.379 e. The smallest absolute Gasteiger partial charge is 0.214 e. The summed E-state index contributed by atoms with van der Waals surface area (Å²) in [5.74, 6) is 1.03. The van der Waals surface area contributed by atoms with Crippen LogP contribution in [0.3, 0.4) is 0 Å². The highest BCUT2D eigenvalue weighted by Gasteiger charge is 2.38. The van der Waals surface area contributed by atoms with E-state index in [4.69, 9.17) is 4.74 Å². The lowest BCUT2D eigenvalue weighted by molar-refractivity contribution is -0.0352. The summed E-state index contributed by atoms with van der Waals surface area (Å²) < 4.78 is 30.9. The van der Waals surface area contributed by atoms with Crippen LogP contribution in [0.1, 0.15) is 38.5 Å². The molecule has 0 atom stereocenters. The molecule has 0 amide bonds. The van der Waals surface area contributed by atoms with Crippen molar-refractivity contribution in [3.63, 3.8) is 0 Å². The Morgan fingerprint density at radius 3 is 2.44 bits per heavy atom. The number of ether oxygens (including phenoxy) is 1. The van der Waals surface area contributed by atoms with Crippen LogP contribution in [0.2, 0.25) is 0 Å². The van der Waals surface area contributed by atoms with Gasteiger partial charge in [-0.05, 0) is 19.3 Å². The normalized spacial score (nSPS) is 26.8. The largest absolute Gasteiger partial charge is 0.379 e. The van der Waals surface area contributed by atoms with Crippen LogP contribution >= 0.6 is 0 Å². The Bertz CT molecular complexity index is 598. The summed E-state index contributed by atoms with van der Waals surface area (Å²) in [5, 5.41) is 6.80. The highest BCUT2D eigenvalue weighted by Crippen LogP contribution is 2.33. The zero-order chi connectivity index (χ0) is 19.2. The average Bonchev–Trinajstić information content (AvgIpc) is 3.04. The number of rotatable bonds is 6. The number of hydrogen-bond donors (Lipinski definition) is 2. The highest BCUT2D eigenvalue weighted by molar-refractivity contribution is 7.89. The van der Waals surface area contributed by atoms with Crippen molar-refractivity contribution < 1.29 is 13.2 Å². The van der Waals surface area contributed by atoms with Crippen LogP contribution in [0, 0.1) is 0 Å². The minimum absolute atomic E-state index is 0.179. The zero-order valence-electron chi connectivity index (χ0n) is 16.6. The van der Waals surface area contributed by atoms with E-state index in [1.165, 1.54) is 32.1 Å². The molecule has 3 aliphatic rings. The zero-order valence-corrected chi connectivity index (χ0v) is 17.4. The number of guanidine groups is 1. The number of hydrogen-bond acceptors (Lipinski definition) is 5. The maximum Gasteiger partial charge on any atom is 0.214 e. The quantitative estimate of drug-likeness (QED) is 0.489. The van der Waals surface area contributed by atoms with E-state index in [-0.39, 0.29) is 11.3 Å². The molecule has 8 nitrogen and oxygen atoms in total. The molecule has 3 rings (SSSR count). The summed E-state index contributed by atoms with van der Waals surface area (Å²) in [7, 11) is -1.26. The lowest BCUT2D eigenvalue weighted by atomic mass is 9.80. The van der Waals surface area contributed by atoms with Crippen LogP contribution in [0.4, 0.5) is 0 Å². The maximum atomic E-state index is 11.9. The van der Waals surface area contributed by atoms with Gasteiger partial charge in [-0.15, -0.1) is 0 Å².